The fraction of sp³-hybridized carbons (Fsp3) is 0.625. The number of para-hydroxylation sites is 1. The topological polar surface area (TPSA) is 58.7 Å². The van der Waals surface area contributed by atoms with E-state index >= 15 is 0 Å². The van der Waals surface area contributed by atoms with Gasteiger partial charge in [0.05, 0.1) is 6.61 Å². The average molecular weight is 278 g/mol. The van der Waals surface area contributed by atoms with E-state index in [0.717, 1.165) is 18.5 Å². The lowest BCUT2D eigenvalue weighted by molar-refractivity contribution is 0.0881. The van der Waals surface area contributed by atoms with Crippen molar-refractivity contribution in [1.29, 1.82) is 0 Å². The molecule has 1 heterocycles. The molecule has 0 spiro atoms. The van der Waals surface area contributed by atoms with Gasteiger partial charge in [0.1, 0.15) is 0 Å². The molecule has 0 aliphatic carbocycles. The molecule has 1 aromatic carbocycles. The molecule has 0 bridgehead atoms. The summed E-state index contributed by atoms with van der Waals surface area (Å²) in [4.78, 5) is 2.41. The van der Waals surface area contributed by atoms with Crippen molar-refractivity contribution in [1.82, 2.24) is 4.90 Å². The highest BCUT2D eigenvalue weighted by atomic mass is 16.5. The number of aromatic hydroxyl groups is 1. The molecular weight excluding hydrogens is 252 g/mol. The molecule has 0 radical (unpaired) electrons. The van der Waals surface area contributed by atoms with Crippen molar-refractivity contribution in [3.8, 4) is 11.5 Å². The SMILES string of the molecule is CCOc1cccc(CN2C(C)CCCC2CN)c1O. The second-order valence-corrected chi connectivity index (χ2v) is 5.54. The van der Waals surface area contributed by atoms with E-state index in [0.29, 0.717) is 31.0 Å². The van der Waals surface area contributed by atoms with Gasteiger partial charge in [0.15, 0.2) is 11.5 Å². The van der Waals surface area contributed by atoms with Crippen LogP contribution in [-0.4, -0.2) is 35.2 Å². The Hall–Kier alpha value is -1.26. The Labute approximate surface area is 121 Å². The number of phenols is 1. The van der Waals surface area contributed by atoms with Gasteiger partial charge in [-0.1, -0.05) is 18.6 Å². The zero-order valence-electron chi connectivity index (χ0n) is 12.5. The van der Waals surface area contributed by atoms with Crippen molar-refractivity contribution >= 4 is 0 Å². The summed E-state index contributed by atoms with van der Waals surface area (Å²) in [7, 11) is 0. The Kier molecular flexibility index (Phi) is 5.26. The number of nitrogens with zero attached hydrogens (tertiary/aromatic N) is 1. The Morgan fingerprint density at radius 3 is 2.90 bits per heavy atom. The zero-order chi connectivity index (χ0) is 14.5. The summed E-state index contributed by atoms with van der Waals surface area (Å²) in [6.45, 7) is 6.13. The number of ether oxygens (including phenoxy) is 1. The highest BCUT2D eigenvalue weighted by molar-refractivity contribution is 5.45. The van der Waals surface area contributed by atoms with Crippen LogP contribution in [0.5, 0.6) is 11.5 Å². The standard InChI is InChI=1S/C16H26N2O2/c1-3-20-15-9-5-7-13(16(15)19)11-18-12(2)6-4-8-14(18)10-17/h5,7,9,12,14,19H,3-4,6,8,10-11,17H2,1-2H3. The highest BCUT2D eigenvalue weighted by Crippen LogP contribution is 2.33. The fourth-order valence-corrected chi connectivity index (χ4v) is 3.04. The summed E-state index contributed by atoms with van der Waals surface area (Å²) in [5.41, 5.74) is 6.82. The molecule has 4 heteroatoms. The van der Waals surface area contributed by atoms with Crippen molar-refractivity contribution < 1.29 is 9.84 Å². The molecule has 0 saturated carbocycles. The minimum Gasteiger partial charge on any atom is -0.504 e. The number of phenolic OH excluding ortho intramolecular Hbond substituents is 1. The maximum absolute atomic E-state index is 10.3. The normalized spacial score (nSPS) is 23.8. The molecule has 2 rings (SSSR count). The smallest absolute Gasteiger partial charge is 0.162 e. The third kappa shape index (κ3) is 3.25. The minimum atomic E-state index is 0.267. The zero-order valence-corrected chi connectivity index (χ0v) is 12.5. The number of benzene rings is 1. The average Bonchev–Trinajstić information content (AvgIpc) is 2.45. The molecule has 112 valence electrons. The van der Waals surface area contributed by atoms with Gasteiger partial charge in [0.2, 0.25) is 0 Å². The molecule has 1 aromatic rings. The summed E-state index contributed by atoms with van der Waals surface area (Å²) in [6.07, 6.45) is 3.58. The largest absolute Gasteiger partial charge is 0.504 e. The van der Waals surface area contributed by atoms with Crippen LogP contribution in [-0.2, 0) is 6.54 Å². The van der Waals surface area contributed by atoms with Gasteiger partial charge < -0.3 is 15.6 Å². The lowest BCUT2D eigenvalue weighted by atomic mass is 9.95. The first-order chi connectivity index (χ1) is 9.67. The first-order valence-electron chi connectivity index (χ1n) is 7.56. The second kappa shape index (κ2) is 6.95. The van der Waals surface area contributed by atoms with E-state index in [2.05, 4.69) is 11.8 Å². The van der Waals surface area contributed by atoms with E-state index in [9.17, 15) is 5.11 Å². The van der Waals surface area contributed by atoms with Gasteiger partial charge in [0, 0.05) is 30.7 Å². The predicted octanol–water partition coefficient (Wildman–Crippen LogP) is 2.49. The number of rotatable bonds is 5. The quantitative estimate of drug-likeness (QED) is 0.869. The Morgan fingerprint density at radius 2 is 2.20 bits per heavy atom. The molecule has 1 aliphatic heterocycles. The van der Waals surface area contributed by atoms with E-state index < -0.39 is 0 Å². The molecule has 1 aliphatic rings. The Morgan fingerprint density at radius 1 is 1.40 bits per heavy atom. The Bertz CT molecular complexity index is 436. The summed E-state index contributed by atoms with van der Waals surface area (Å²) < 4.78 is 5.45. The number of nitrogens with two attached hydrogens (primary N) is 1. The van der Waals surface area contributed by atoms with Gasteiger partial charge in [-0.15, -0.1) is 0 Å². The molecular formula is C16H26N2O2. The van der Waals surface area contributed by atoms with Crippen molar-refractivity contribution in [2.24, 2.45) is 5.73 Å². The summed E-state index contributed by atoms with van der Waals surface area (Å²) in [5, 5.41) is 10.3. The molecule has 2 unspecified atom stereocenters. The fourth-order valence-electron chi connectivity index (χ4n) is 3.04. The van der Waals surface area contributed by atoms with Crippen LogP contribution >= 0.6 is 0 Å². The maximum Gasteiger partial charge on any atom is 0.162 e. The van der Waals surface area contributed by atoms with Crippen LogP contribution in [0.15, 0.2) is 18.2 Å². The molecule has 2 atom stereocenters. The van der Waals surface area contributed by atoms with Crippen LogP contribution in [0, 0.1) is 0 Å². The van der Waals surface area contributed by atoms with Crippen LogP contribution < -0.4 is 10.5 Å². The summed E-state index contributed by atoms with van der Waals surface area (Å²) in [6, 6.07) is 6.63. The number of likely N-dealkylation sites (tertiary alicyclic amines) is 1. The molecule has 20 heavy (non-hydrogen) atoms. The number of hydrogen-bond acceptors (Lipinski definition) is 4. The summed E-state index contributed by atoms with van der Waals surface area (Å²) in [5.74, 6) is 0.835. The van der Waals surface area contributed by atoms with Crippen LogP contribution in [0.1, 0.15) is 38.7 Å². The van der Waals surface area contributed by atoms with Crippen molar-refractivity contribution in [3.05, 3.63) is 23.8 Å². The van der Waals surface area contributed by atoms with Crippen molar-refractivity contribution in [3.63, 3.8) is 0 Å². The monoisotopic (exact) mass is 278 g/mol. The Balaban J connectivity index is 2.17. The second-order valence-electron chi connectivity index (χ2n) is 5.54. The van der Waals surface area contributed by atoms with E-state index in [-0.39, 0.29) is 5.75 Å². The maximum atomic E-state index is 10.3. The van der Waals surface area contributed by atoms with E-state index in [1.54, 1.807) is 0 Å². The van der Waals surface area contributed by atoms with E-state index in [1.165, 1.54) is 12.8 Å². The van der Waals surface area contributed by atoms with Gasteiger partial charge in [-0.25, -0.2) is 0 Å². The highest BCUT2D eigenvalue weighted by Gasteiger charge is 2.27. The molecule has 0 amide bonds. The van der Waals surface area contributed by atoms with E-state index in [4.69, 9.17) is 10.5 Å². The first-order valence-corrected chi connectivity index (χ1v) is 7.56. The number of hydrogen-bond donors (Lipinski definition) is 2. The van der Waals surface area contributed by atoms with Gasteiger partial charge in [-0.05, 0) is 32.8 Å². The lowest BCUT2D eigenvalue weighted by Crippen LogP contribution is -2.48. The predicted molar refractivity (Wildman–Crippen MR) is 81.0 cm³/mol. The van der Waals surface area contributed by atoms with Crippen LogP contribution in [0.3, 0.4) is 0 Å². The van der Waals surface area contributed by atoms with Crippen molar-refractivity contribution in [2.75, 3.05) is 13.2 Å². The molecule has 0 aromatic heterocycles. The lowest BCUT2D eigenvalue weighted by Gasteiger charge is -2.40. The third-order valence-corrected chi connectivity index (χ3v) is 4.20. The molecule has 1 saturated heterocycles. The third-order valence-electron chi connectivity index (χ3n) is 4.20. The summed E-state index contributed by atoms with van der Waals surface area (Å²) >= 11 is 0. The molecule has 1 fully saturated rings. The van der Waals surface area contributed by atoms with Gasteiger partial charge >= 0.3 is 0 Å². The van der Waals surface area contributed by atoms with Crippen LogP contribution in [0.2, 0.25) is 0 Å². The van der Waals surface area contributed by atoms with Crippen LogP contribution in [0.4, 0.5) is 0 Å². The first kappa shape index (κ1) is 15.1. The van der Waals surface area contributed by atoms with Gasteiger partial charge in [-0.2, -0.15) is 0 Å². The molecule has 3 N–H and O–H groups in total. The molecule has 4 nitrogen and oxygen atoms in total. The van der Waals surface area contributed by atoms with E-state index in [1.807, 2.05) is 25.1 Å². The van der Waals surface area contributed by atoms with Gasteiger partial charge in [0.25, 0.3) is 0 Å². The minimum absolute atomic E-state index is 0.267. The van der Waals surface area contributed by atoms with Crippen molar-refractivity contribution in [2.45, 2.75) is 51.7 Å². The number of piperidine rings is 1. The van der Waals surface area contributed by atoms with Crippen LogP contribution in [0.25, 0.3) is 0 Å². The van der Waals surface area contributed by atoms with Gasteiger partial charge in [-0.3, -0.25) is 4.90 Å².